The molecule has 0 unspecified atom stereocenters. The van der Waals surface area contributed by atoms with Crippen molar-refractivity contribution in [3.63, 3.8) is 0 Å². The standard InChI is InChI=1S/C12H11ClF3NO2/c1-18-7-6-17-5-4-8-10(19-12(14,15)16)3-2-9(13)11(8)17/h2-5H,6-7H2,1H3. The fraction of sp³-hybridized carbons (Fsp3) is 0.333. The van der Waals surface area contributed by atoms with Gasteiger partial charge in [-0.25, -0.2) is 0 Å². The molecule has 0 fully saturated rings. The summed E-state index contributed by atoms with van der Waals surface area (Å²) in [4.78, 5) is 0. The third kappa shape index (κ3) is 3.13. The molecule has 0 bridgehead atoms. The van der Waals surface area contributed by atoms with E-state index in [2.05, 4.69) is 4.74 Å². The largest absolute Gasteiger partial charge is 0.573 e. The van der Waals surface area contributed by atoms with Crippen LogP contribution < -0.4 is 4.74 Å². The van der Waals surface area contributed by atoms with E-state index in [1.54, 1.807) is 17.9 Å². The molecule has 1 aromatic heterocycles. The lowest BCUT2D eigenvalue weighted by atomic mass is 10.2. The van der Waals surface area contributed by atoms with Gasteiger partial charge in [0.2, 0.25) is 0 Å². The fourth-order valence-electron chi connectivity index (χ4n) is 1.84. The minimum absolute atomic E-state index is 0.261. The van der Waals surface area contributed by atoms with Gasteiger partial charge in [-0.1, -0.05) is 11.6 Å². The predicted molar refractivity (Wildman–Crippen MR) is 65.5 cm³/mol. The first kappa shape index (κ1) is 14.0. The van der Waals surface area contributed by atoms with Crippen LogP contribution in [-0.2, 0) is 11.3 Å². The molecule has 3 nitrogen and oxygen atoms in total. The molecule has 0 aliphatic carbocycles. The number of nitrogens with zero attached hydrogens (tertiary/aromatic N) is 1. The Balaban J connectivity index is 2.46. The maximum Gasteiger partial charge on any atom is 0.573 e. The third-order valence-electron chi connectivity index (χ3n) is 2.60. The molecule has 2 rings (SSSR count). The fourth-order valence-corrected chi connectivity index (χ4v) is 2.12. The molecule has 19 heavy (non-hydrogen) atoms. The number of benzene rings is 1. The summed E-state index contributed by atoms with van der Waals surface area (Å²) in [6, 6.07) is 4.13. The lowest BCUT2D eigenvalue weighted by Gasteiger charge is -2.11. The number of hydrogen-bond donors (Lipinski definition) is 0. The van der Waals surface area contributed by atoms with E-state index in [1.807, 2.05) is 0 Å². The second-order valence-electron chi connectivity index (χ2n) is 3.86. The first-order chi connectivity index (χ1) is 8.92. The average Bonchev–Trinajstić information content (AvgIpc) is 2.73. The Morgan fingerprint density at radius 1 is 1.26 bits per heavy atom. The van der Waals surface area contributed by atoms with Crippen LogP contribution in [0.1, 0.15) is 0 Å². The van der Waals surface area contributed by atoms with Crippen LogP contribution in [0.5, 0.6) is 5.75 Å². The molecule has 0 aliphatic heterocycles. The summed E-state index contributed by atoms with van der Waals surface area (Å²) in [5, 5.41) is 0.687. The molecule has 2 aromatic rings. The van der Waals surface area contributed by atoms with Crippen molar-refractivity contribution in [3.8, 4) is 5.75 Å². The van der Waals surface area contributed by atoms with Crippen molar-refractivity contribution in [2.24, 2.45) is 0 Å². The SMILES string of the molecule is COCCn1ccc2c(OC(F)(F)F)ccc(Cl)c21. The van der Waals surface area contributed by atoms with Crippen molar-refractivity contribution in [1.82, 2.24) is 4.57 Å². The topological polar surface area (TPSA) is 23.4 Å². The number of aromatic nitrogens is 1. The van der Waals surface area contributed by atoms with Gasteiger partial charge in [0.05, 0.1) is 17.1 Å². The highest BCUT2D eigenvalue weighted by Gasteiger charge is 2.32. The molecule has 1 aromatic carbocycles. The number of methoxy groups -OCH3 is 1. The Hall–Kier alpha value is -1.40. The van der Waals surface area contributed by atoms with Crippen LogP contribution in [0.25, 0.3) is 10.9 Å². The second-order valence-corrected chi connectivity index (χ2v) is 4.26. The molecule has 0 atom stereocenters. The first-order valence-electron chi connectivity index (χ1n) is 5.44. The van der Waals surface area contributed by atoms with E-state index in [-0.39, 0.29) is 5.75 Å². The van der Waals surface area contributed by atoms with Gasteiger partial charge in [-0.05, 0) is 18.2 Å². The number of hydrogen-bond acceptors (Lipinski definition) is 2. The summed E-state index contributed by atoms with van der Waals surface area (Å²) in [6.07, 6.45) is -3.08. The normalized spacial score (nSPS) is 12.1. The van der Waals surface area contributed by atoms with Crippen LogP contribution in [0.2, 0.25) is 5.02 Å². The van der Waals surface area contributed by atoms with E-state index < -0.39 is 6.36 Å². The Morgan fingerprint density at radius 3 is 2.63 bits per heavy atom. The molecule has 0 saturated carbocycles. The molecule has 0 spiro atoms. The Labute approximate surface area is 112 Å². The maximum atomic E-state index is 12.3. The van der Waals surface area contributed by atoms with Gasteiger partial charge < -0.3 is 14.0 Å². The molecular weight excluding hydrogens is 283 g/mol. The lowest BCUT2D eigenvalue weighted by Crippen LogP contribution is -2.17. The second kappa shape index (κ2) is 5.30. The molecule has 104 valence electrons. The van der Waals surface area contributed by atoms with E-state index in [9.17, 15) is 13.2 Å². The van der Waals surface area contributed by atoms with Crippen molar-refractivity contribution < 1.29 is 22.6 Å². The van der Waals surface area contributed by atoms with Gasteiger partial charge in [-0.3, -0.25) is 0 Å². The number of alkyl halides is 3. The van der Waals surface area contributed by atoms with Gasteiger partial charge in [0.1, 0.15) is 5.75 Å². The van der Waals surface area contributed by atoms with Gasteiger partial charge >= 0.3 is 6.36 Å². The summed E-state index contributed by atoms with van der Waals surface area (Å²) in [5.41, 5.74) is 0.500. The summed E-state index contributed by atoms with van der Waals surface area (Å²) in [6.45, 7) is 0.930. The summed E-state index contributed by atoms with van der Waals surface area (Å²) in [5.74, 6) is -0.261. The molecule has 0 N–H and O–H groups in total. The van der Waals surface area contributed by atoms with Crippen LogP contribution in [0.4, 0.5) is 13.2 Å². The zero-order chi connectivity index (χ0) is 14.0. The van der Waals surface area contributed by atoms with E-state index >= 15 is 0 Å². The van der Waals surface area contributed by atoms with Gasteiger partial charge in [-0.15, -0.1) is 13.2 Å². The summed E-state index contributed by atoms with van der Waals surface area (Å²) >= 11 is 6.03. The van der Waals surface area contributed by atoms with E-state index in [0.717, 1.165) is 0 Å². The molecular formula is C12H11ClF3NO2. The van der Waals surface area contributed by atoms with Crippen molar-refractivity contribution >= 4 is 22.5 Å². The van der Waals surface area contributed by atoms with Gasteiger partial charge in [0, 0.05) is 25.2 Å². The highest BCUT2D eigenvalue weighted by Crippen LogP contribution is 2.35. The molecule has 0 saturated heterocycles. The van der Waals surface area contributed by atoms with Crippen molar-refractivity contribution in [3.05, 3.63) is 29.4 Å². The van der Waals surface area contributed by atoms with Crippen molar-refractivity contribution in [2.75, 3.05) is 13.7 Å². The minimum atomic E-state index is -4.73. The Kier molecular flexibility index (Phi) is 3.91. The zero-order valence-electron chi connectivity index (χ0n) is 10.00. The monoisotopic (exact) mass is 293 g/mol. The van der Waals surface area contributed by atoms with Crippen LogP contribution in [0.3, 0.4) is 0 Å². The summed E-state index contributed by atoms with van der Waals surface area (Å²) < 4.78 is 47.5. The molecule has 0 aliphatic rings. The van der Waals surface area contributed by atoms with Crippen LogP contribution >= 0.6 is 11.6 Å². The predicted octanol–water partition coefficient (Wildman–Crippen LogP) is 3.84. The Morgan fingerprint density at radius 2 is 2.00 bits per heavy atom. The van der Waals surface area contributed by atoms with E-state index in [4.69, 9.17) is 16.3 Å². The summed E-state index contributed by atoms with van der Waals surface area (Å²) in [7, 11) is 1.55. The van der Waals surface area contributed by atoms with E-state index in [1.165, 1.54) is 18.2 Å². The maximum absolute atomic E-state index is 12.3. The highest BCUT2D eigenvalue weighted by atomic mass is 35.5. The van der Waals surface area contributed by atoms with Crippen LogP contribution in [0.15, 0.2) is 24.4 Å². The molecule has 0 radical (unpaired) electrons. The average molecular weight is 294 g/mol. The number of fused-ring (bicyclic) bond motifs is 1. The van der Waals surface area contributed by atoms with Crippen molar-refractivity contribution in [2.45, 2.75) is 12.9 Å². The van der Waals surface area contributed by atoms with Gasteiger partial charge in [0.15, 0.2) is 0 Å². The highest BCUT2D eigenvalue weighted by molar-refractivity contribution is 6.35. The molecule has 7 heteroatoms. The van der Waals surface area contributed by atoms with Gasteiger partial charge in [0.25, 0.3) is 0 Å². The zero-order valence-corrected chi connectivity index (χ0v) is 10.8. The molecule has 1 heterocycles. The van der Waals surface area contributed by atoms with Gasteiger partial charge in [-0.2, -0.15) is 0 Å². The van der Waals surface area contributed by atoms with Crippen molar-refractivity contribution in [1.29, 1.82) is 0 Å². The number of ether oxygens (including phenoxy) is 2. The lowest BCUT2D eigenvalue weighted by molar-refractivity contribution is -0.274. The first-order valence-corrected chi connectivity index (χ1v) is 5.82. The van der Waals surface area contributed by atoms with Crippen LogP contribution in [-0.4, -0.2) is 24.6 Å². The third-order valence-corrected chi connectivity index (χ3v) is 2.90. The number of rotatable bonds is 4. The van der Waals surface area contributed by atoms with E-state index in [0.29, 0.717) is 29.1 Å². The van der Waals surface area contributed by atoms with Crippen LogP contribution in [0, 0.1) is 0 Å². The Bertz CT molecular complexity index is 580. The quantitative estimate of drug-likeness (QED) is 0.855. The molecule has 0 amide bonds. The minimum Gasteiger partial charge on any atom is -0.405 e. The number of halogens is 4. The smallest absolute Gasteiger partial charge is 0.405 e.